The SMILES string of the molecule is CCCC1=CC(CC)=CN(c2ccccc2)C1CC. The Labute approximate surface area is 117 Å². The van der Waals surface area contributed by atoms with Crippen LogP contribution in [0.15, 0.2) is 53.8 Å². The fourth-order valence-electron chi connectivity index (χ4n) is 2.85. The molecule has 2 rings (SSSR count). The Bertz CT molecular complexity index is 456. The molecule has 0 fully saturated rings. The fraction of sp³-hybridized carbons (Fsp3) is 0.444. The smallest absolute Gasteiger partial charge is 0.0546 e. The molecule has 1 atom stereocenters. The summed E-state index contributed by atoms with van der Waals surface area (Å²) < 4.78 is 0. The van der Waals surface area contributed by atoms with Gasteiger partial charge in [-0.1, -0.05) is 51.5 Å². The number of benzene rings is 1. The number of para-hydroxylation sites is 1. The Hall–Kier alpha value is -1.50. The number of hydrogen-bond donors (Lipinski definition) is 0. The number of rotatable bonds is 5. The van der Waals surface area contributed by atoms with Gasteiger partial charge in [-0.2, -0.15) is 0 Å². The predicted octanol–water partition coefficient (Wildman–Crippen LogP) is 5.31. The van der Waals surface area contributed by atoms with E-state index in [2.05, 4.69) is 68.3 Å². The molecule has 19 heavy (non-hydrogen) atoms. The standard InChI is InChI=1S/C18H25N/c1-4-10-16-13-15(5-2)14-19(18(16)6-3)17-11-8-7-9-12-17/h7-9,11-14,18H,4-6,10H2,1-3H3. The van der Waals surface area contributed by atoms with Crippen LogP contribution in [0, 0.1) is 0 Å². The van der Waals surface area contributed by atoms with Crippen molar-refractivity contribution in [1.82, 2.24) is 0 Å². The molecule has 1 aromatic carbocycles. The summed E-state index contributed by atoms with van der Waals surface area (Å²) in [6.45, 7) is 6.79. The van der Waals surface area contributed by atoms with Gasteiger partial charge in [-0.3, -0.25) is 0 Å². The molecule has 0 N–H and O–H groups in total. The number of allylic oxidation sites excluding steroid dienone is 2. The number of nitrogens with zero attached hydrogens (tertiary/aromatic N) is 1. The second kappa shape index (κ2) is 6.60. The van der Waals surface area contributed by atoms with Crippen molar-refractivity contribution in [3.63, 3.8) is 0 Å². The summed E-state index contributed by atoms with van der Waals surface area (Å²) in [5.74, 6) is 0. The zero-order chi connectivity index (χ0) is 13.7. The van der Waals surface area contributed by atoms with Gasteiger partial charge in [0.15, 0.2) is 0 Å². The molecule has 1 aliphatic rings. The fourth-order valence-corrected chi connectivity index (χ4v) is 2.85. The molecule has 1 aliphatic heterocycles. The normalized spacial score (nSPS) is 19.1. The summed E-state index contributed by atoms with van der Waals surface area (Å²) in [5.41, 5.74) is 4.34. The molecule has 0 amide bonds. The summed E-state index contributed by atoms with van der Waals surface area (Å²) in [5, 5.41) is 0. The van der Waals surface area contributed by atoms with E-state index in [4.69, 9.17) is 0 Å². The van der Waals surface area contributed by atoms with Crippen molar-refractivity contribution >= 4 is 5.69 Å². The van der Waals surface area contributed by atoms with E-state index in [-0.39, 0.29) is 0 Å². The van der Waals surface area contributed by atoms with E-state index in [1.807, 2.05) is 0 Å². The van der Waals surface area contributed by atoms with Gasteiger partial charge in [0.05, 0.1) is 6.04 Å². The van der Waals surface area contributed by atoms with E-state index in [1.165, 1.54) is 24.1 Å². The maximum atomic E-state index is 2.46. The van der Waals surface area contributed by atoms with Crippen LogP contribution in [0.1, 0.15) is 46.5 Å². The first-order chi connectivity index (χ1) is 9.30. The number of hydrogen-bond acceptors (Lipinski definition) is 1. The molecule has 1 heterocycles. The van der Waals surface area contributed by atoms with Crippen molar-refractivity contribution in [3.8, 4) is 0 Å². The first-order valence-corrected chi connectivity index (χ1v) is 7.54. The van der Waals surface area contributed by atoms with Crippen LogP contribution in [0.4, 0.5) is 5.69 Å². The van der Waals surface area contributed by atoms with Crippen LogP contribution in [-0.4, -0.2) is 6.04 Å². The van der Waals surface area contributed by atoms with E-state index in [0.717, 1.165) is 12.8 Å². The highest BCUT2D eigenvalue weighted by Gasteiger charge is 2.23. The highest BCUT2D eigenvalue weighted by Crippen LogP contribution is 2.31. The van der Waals surface area contributed by atoms with Crippen LogP contribution in [0.3, 0.4) is 0 Å². The van der Waals surface area contributed by atoms with Crippen molar-refractivity contribution in [2.24, 2.45) is 0 Å². The van der Waals surface area contributed by atoms with Gasteiger partial charge in [0, 0.05) is 11.9 Å². The second-order valence-corrected chi connectivity index (χ2v) is 5.19. The molecule has 0 spiro atoms. The summed E-state index contributed by atoms with van der Waals surface area (Å²) in [6.07, 6.45) is 9.46. The Morgan fingerprint density at radius 3 is 2.37 bits per heavy atom. The maximum Gasteiger partial charge on any atom is 0.0546 e. The van der Waals surface area contributed by atoms with Crippen molar-refractivity contribution < 1.29 is 0 Å². The summed E-state index contributed by atoms with van der Waals surface area (Å²) in [7, 11) is 0. The van der Waals surface area contributed by atoms with Gasteiger partial charge in [0.1, 0.15) is 0 Å². The zero-order valence-electron chi connectivity index (χ0n) is 12.4. The van der Waals surface area contributed by atoms with Gasteiger partial charge in [-0.15, -0.1) is 0 Å². The Morgan fingerprint density at radius 1 is 1.05 bits per heavy atom. The van der Waals surface area contributed by atoms with E-state index in [9.17, 15) is 0 Å². The van der Waals surface area contributed by atoms with Crippen LogP contribution >= 0.6 is 0 Å². The van der Waals surface area contributed by atoms with E-state index in [0.29, 0.717) is 6.04 Å². The van der Waals surface area contributed by atoms with E-state index >= 15 is 0 Å². The van der Waals surface area contributed by atoms with Crippen molar-refractivity contribution in [3.05, 3.63) is 53.8 Å². The third-order valence-corrected chi connectivity index (χ3v) is 3.83. The summed E-state index contributed by atoms with van der Waals surface area (Å²) >= 11 is 0. The lowest BCUT2D eigenvalue weighted by atomic mass is 9.92. The molecule has 0 saturated heterocycles. The minimum atomic E-state index is 0.526. The lowest BCUT2D eigenvalue weighted by Crippen LogP contribution is -2.34. The lowest BCUT2D eigenvalue weighted by Gasteiger charge is -2.36. The van der Waals surface area contributed by atoms with Gasteiger partial charge in [0.2, 0.25) is 0 Å². The highest BCUT2D eigenvalue weighted by molar-refractivity contribution is 5.56. The Morgan fingerprint density at radius 2 is 1.79 bits per heavy atom. The number of anilines is 1. The molecule has 0 bridgehead atoms. The predicted molar refractivity (Wildman–Crippen MR) is 84.4 cm³/mol. The second-order valence-electron chi connectivity index (χ2n) is 5.19. The van der Waals surface area contributed by atoms with E-state index < -0.39 is 0 Å². The summed E-state index contributed by atoms with van der Waals surface area (Å²) in [6, 6.07) is 11.3. The topological polar surface area (TPSA) is 3.24 Å². The lowest BCUT2D eigenvalue weighted by molar-refractivity contribution is 0.655. The first kappa shape index (κ1) is 13.9. The monoisotopic (exact) mass is 255 g/mol. The van der Waals surface area contributed by atoms with Crippen LogP contribution in [-0.2, 0) is 0 Å². The molecular formula is C18H25N. The minimum absolute atomic E-state index is 0.526. The Balaban J connectivity index is 2.36. The van der Waals surface area contributed by atoms with Gasteiger partial charge in [0.25, 0.3) is 0 Å². The van der Waals surface area contributed by atoms with Gasteiger partial charge >= 0.3 is 0 Å². The van der Waals surface area contributed by atoms with Crippen LogP contribution < -0.4 is 4.90 Å². The molecule has 1 nitrogen and oxygen atoms in total. The highest BCUT2D eigenvalue weighted by atomic mass is 15.2. The zero-order valence-corrected chi connectivity index (χ0v) is 12.4. The van der Waals surface area contributed by atoms with Crippen molar-refractivity contribution in [1.29, 1.82) is 0 Å². The third kappa shape index (κ3) is 3.09. The van der Waals surface area contributed by atoms with Crippen LogP contribution in [0.2, 0.25) is 0 Å². The Kier molecular flexibility index (Phi) is 4.84. The molecule has 0 saturated carbocycles. The maximum absolute atomic E-state index is 2.46. The van der Waals surface area contributed by atoms with Crippen LogP contribution in [0.25, 0.3) is 0 Å². The molecule has 0 aliphatic carbocycles. The van der Waals surface area contributed by atoms with Gasteiger partial charge in [-0.05, 0) is 42.5 Å². The van der Waals surface area contributed by atoms with Crippen molar-refractivity contribution in [2.45, 2.75) is 52.5 Å². The quantitative estimate of drug-likeness (QED) is 0.689. The third-order valence-electron chi connectivity index (χ3n) is 3.83. The molecule has 1 aromatic rings. The molecule has 102 valence electrons. The molecule has 1 heteroatoms. The first-order valence-electron chi connectivity index (χ1n) is 7.54. The molecule has 0 radical (unpaired) electrons. The van der Waals surface area contributed by atoms with E-state index in [1.54, 1.807) is 5.57 Å². The average molecular weight is 255 g/mol. The van der Waals surface area contributed by atoms with Crippen LogP contribution in [0.5, 0.6) is 0 Å². The molecule has 1 unspecified atom stereocenters. The molecule has 0 aromatic heterocycles. The summed E-state index contributed by atoms with van der Waals surface area (Å²) in [4.78, 5) is 2.46. The largest absolute Gasteiger partial charge is 0.341 e. The minimum Gasteiger partial charge on any atom is -0.341 e. The van der Waals surface area contributed by atoms with Gasteiger partial charge < -0.3 is 4.90 Å². The van der Waals surface area contributed by atoms with Crippen molar-refractivity contribution in [2.75, 3.05) is 4.90 Å². The molecular weight excluding hydrogens is 230 g/mol. The average Bonchev–Trinajstić information content (AvgIpc) is 2.47. The van der Waals surface area contributed by atoms with Gasteiger partial charge in [-0.25, -0.2) is 0 Å².